The van der Waals surface area contributed by atoms with Gasteiger partial charge in [0.1, 0.15) is 11.9 Å². The average molecular weight is 319 g/mol. The van der Waals surface area contributed by atoms with Gasteiger partial charge < -0.3 is 10.1 Å². The van der Waals surface area contributed by atoms with Gasteiger partial charge in [-0.15, -0.1) is 0 Å². The lowest BCUT2D eigenvalue weighted by molar-refractivity contribution is 0.190. The molecule has 0 fully saturated rings. The van der Waals surface area contributed by atoms with Gasteiger partial charge in [-0.25, -0.2) is 4.39 Å². The van der Waals surface area contributed by atoms with E-state index in [0.29, 0.717) is 23.7 Å². The van der Waals surface area contributed by atoms with E-state index in [4.69, 9.17) is 21.6 Å². The Morgan fingerprint density at radius 3 is 2.64 bits per heavy atom. The van der Waals surface area contributed by atoms with Gasteiger partial charge in [0.25, 0.3) is 0 Å². The molecule has 0 aliphatic rings. The number of nitrogens with zero attached hydrogens (tertiary/aromatic N) is 1. The maximum Gasteiger partial charge on any atom is 0.124 e. The van der Waals surface area contributed by atoms with E-state index in [2.05, 4.69) is 5.32 Å². The van der Waals surface area contributed by atoms with E-state index < -0.39 is 5.82 Å². The second-order valence-corrected chi connectivity index (χ2v) is 5.27. The minimum absolute atomic E-state index is 0.0604. The van der Waals surface area contributed by atoms with E-state index >= 15 is 0 Å². The first-order chi connectivity index (χ1) is 10.6. The van der Waals surface area contributed by atoms with E-state index in [0.717, 1.165) is 5.56 Å². The fourth-order valence-corrected chi connectivity index (χ4v) is 2.30. The largest absolute Gasteiger partial charge is 0.385 e. The maximum absolute atomic E-state index is 13.2. The molecular weight excluding hydrogens is 303 g/mol. The van der Waals surface area contributed by atoms with Crippen molar-refractivity contribution in [2.24, 2.45) is 0 Å². The molecule has 0 heterocycles. The number of hydrogen-bond acceptors (Lipinski definition) is 3. The molecule has 22 heavy (non-hydrogen) atoms. The normalized spacial score (nSPS) is 11.7. The molecule has 114 valence electrons. The van der Waals surface area contributed by atoms with Crippen LogP contribution >= 0.6 is 11.6 Å². The zero-order valence-corrected chi connectivity index (χ0v) is 12.9. The van der Waals surface area contributed by atoms with Crippen LogP contribution in [0.15, 0.2) is 42.5 Å². The minimum Gasteiger partial charge on any atom is -0.385 e. The smallest absolute Gasteiger partial charge is 0.124 e. The maximum atomic E-state index is 13.2. The van der Waals surface area contributed by atoms with Crippen molar-refractivity contribution in [3.63, 3.8) is 0 Å². The summed E-state index contributed by atoms with van der Waals surface area (Å²) in [6.45, 7) is 0.559. The summed E-state index contributed by atoms with van der Waals surface area (Å²) in [6, 6.07) is 13.5. The number of anilines is 1. The van der Waals surface area contributed by atoms with Gasteiger partial charge in [0, 0.05) is 18.7 Å². The van der Waals surface area contributed by atoms with Gasteiger partial charge in [-0.1, -0.05) is 23.7 Å². The Morgan fingerprint density at radius 1 is 1.27 bits per heavy atom. The highest BCUT2D eigenvalue weighted by Gasteiger charge is 2.14. The standard InChI is InChI=1S/C17H16ClFN2O/c1-22-9-8-17(12-2-4-14(18)5-3-12)21-16-7-6-15(19)10-13(16)11-20/h2-7,10,17,21H,8-9H2,1H3. The van der Waals surface area contributed by atoms with Gasteiger partial charge in [-0.2, -0.15) is 5.26 Å². The second-order valence-electron chi connectivity index (χ2n) is 4.83. The molecule has 3 nitrogen and oxygen atoms in total. The first-order valence-electron chi connectivity index (χ1n) is 6.84. The molecule has 0 radical (unpaired) electrons. The van der Waals surface area contributed by atoms with E-state index in [9.17, 15) is 4.39 Å². The first kappa shape index (κ1) is 16.3. The summed E-state index contributed by atoms with van der Waals surface area (Å²) in [5, 5.41) is 13.1. The monoisotopic (exact) mass is 318 g/mol. The third kappa shape index (κ3) is 4.20. The highest BCUT2D eigenvalue weighted by atomic mass is 35.5. The van der Waals surface area contributed by atoms with Crippen LogP contribution < -0.4 is 5.32 Å². The number of ether oxygens (including phenoxy) is 1. The Morgan fingerprint density at radius 2 is 2.00 bits per heavy atom. The molecule has 1 N–H and O–H groups in total. The SMILES string of the molecule is COCCC(Nc1ccc(F)cc1C#N)c1ccc(Cl)cc1. The molecule has 0 saturated heterocycles. The van der Waals surface area contributed by atoms with Crippen molar-refractivity contribution < 1.29 is 9.13 Å². The van der Waals surface area contributed by atoms with Crippen LogP contribution in [0.2, 0.25) is 5.02 Å². The van der Waals surface area contributed by atoms with Crippen LogP contribution in [0, 0.1) is 17.1 Å². The topological polar surface area (TPSA) is 45.0 Å². The fraction of sp³-hybridized carbons (Fsp3) is 0.235. The lowest BCUT2D eigenvalue weighted by Gasteiger charge is -2.21. The number of hydrogen-bond donors (Lipinski definition) is 1. The molecule has 0 bridgehead atoms. The molecule has 0 spiro atoms. The zero-order valence-electron chi connectivity index (χ0n) is 12.1. The van der Waals surface area contributed by atoms with Gasteiger partial charge in [0.15, 0.2) is 0 Å². The lowest BCUT2D eigenvalue weighted by atomic mass is 10.0. The van der Waals surface area contributed by atoms with E-state index in [1.54, 1.807) is 13.2 Å². The summed E-state index contributed by atoms with van der Waals surface area (Å²) in [4.78, 5) is 0. The van der Waals surface area contributed by atoms with E-state index in [1.807, 2.05) is 30.3 Å². The van der Waals surface area contributed by atoms with Gasteiger partial charge in [-0.05, 0) is 42.3 Å². The van der Waals surface area contributed by atoms with E-state index in [-0.39, 0.29) is 11.6 Å². The van der Waals surface area contributed by atoms with Gasteiger partial charge in [-0.3, -0.25) is 0 Å². The minimum atomic E-state index is -0.429. The first-order valence-corrected chi connectivity index (χ1v) is 7.22. The van der Waals surface area contributed by atoms with Crippen molar-refractivity contribution >= 4 is 17.3 Å². The summed E-state index contributed by atoms with van der Waals surface area (Å²) in [5.41, 5.74) is 1.89. The quantitative estimate of drug-likeness (QED) is 0.850. The molecule has 0 aliphatic carbocycles. The molecule has 0 saturated carbocycles. The number of nitriles is 1. The molecule has 2 rings (SSSR count). The Labute approximate surface area is 134 Å². The van der Waals surface area contributed by atoms with Gasteiger partial charge in [0.05, 0.1) is 17.3 Å². The van der Waals surface area contributed by atoms with Crippen molar-refractivity contribution in [2.45, 2.75) is 12.5 Å². The summed E-state index contributed by atoms with van der Waals surface area (Å²) in [5.74, 6) is -0.429. The van der Waals surface area contributed by atoms with Crippen molar-refractivity contribution in [1.82, 2.24) is 0 Å². The second kappa shape index (κ2) is 7.79. The number of nitrogens with one attached hydrogen (secondary N) is 1. The van der Waals surface area contributed by atoms with Crippen LogP contribution in [-0.4, -0.2) is 13.7 Å². The van der Waals surface area contributed by atoms with Crippen LogP contribution in [0.1, 0.15) is 23.6 Å². The molecule has 0 amide bonds. The van der Waals surface area contributed by atoms with Crippen LogP contribution in [0.5, 0.6) is 0 Å². The predicted molar refractivity (Wildman–Crippen MR) is 85.4 cm³/mol. The lowest BCUT2D eigenvalue weighted by Crippen LogP contribution is -2.14. The summed E-state index contributed by atoms with van der Waals surface area (Å²) in [6.07, 6.45) is 0.709. The zero-order chi connectivity index (χ0) is 15.9. The summed E-state index contributed by atoms with van der Waals surface area (Å²) >= 11 is 5.92. The van der Waals surface area contributed by atoms with E-state index in [1.165, 1.54) is 12.1 Å². The van der Waals surface area contributed by atoms with Crippen molar-refractivity contribution in [3.8, 4) is 6.07 Å². The summed E-state index contributed by atoms with van der Waals surface area (Å²) < 4.78 is 18.4. The Balaban J connectivity index is 2.27. The number of halogens is 2. The Bertz CT molecular complexity index is 667. The van der Waals surface area contributed by atoms with Crippen molar-refractivity contribution in [2.75, 3.05) is 19.0 Å². The molecule has 0 aromatic heterocycles. The Kier molecular flexibility index (Phi) is 5.76. The highest BCUT2D eigenvalue weighted by molar-refractivity contribution is 6.30. The highest BCUT2D eigenvalue weighted by Crippen LogP contribution is 2.26. The Hall–Kier alpha value is -2.09. The third-order valence-electron chi connectivity index (χ3n) is 3.31. The fourth-order valence-electron chi connectivity index (χ4n) is 2.18. The van der Waals surface area contributed by atoms with Gasteiger partial charge >= 0.3 is 0 Å². The molecule has 5 heteroatoms. The third-order valence-corrected chi connectivity index (χ3v) is 3.57. The number of methoxy groups -OCH3 is 1. The molecule has 0 aliphatic heterocycles. The number of rotatable bonds is 6. The number of benzene rings is 2. The van der Waals surface area contributed by atoms with Crippen LogP contribution in [0.3, 0.4) is 0 Å². The molecule has 1 unspecified atom stereocenters. The van der Waals surface area contributed by atoms with Crippen LogP contribution in [-0.2, 0) is 4.74 Å². The predicted octanol–water partition coefficient (Wildman–Crippen LogP) is 4.54. The average Bonchev–Trinajstić information content (AvgIpc) is 2.53. The molecule has 2 aromatic carbocycles. The molecular formula is C17H16ClFN2O. The van der Waals surface area contributed by atoms with Crippen LogP contribution in [0.4, 0.5) is 10.1 Å². The molecule has 1 atom stereocenters. The van der Waals surface area contributed by atoms with Crippen LogP contribution in [0.25, 0.3) is 0 Å². The summed E-state index contributed by atoms with van der Waals surface area (Å²) in [7, 11) is 1.64. The molecule has 2 aromatic rings. The van der Waals surface area contributed by atoms with Gasteiger partial charge in [0.2, 0.25) is 0 Å². The van der Waals surface area contributed by atoms with Crippen molar-refractivity contribution in [1.29, 1.82) is 5.26 Å². The van der Waals surface area contributed by atoms with Crippen molar-refractivity contribution in [3.05, 3.63) is 64.4 Å².